The highest BCUT2D eigenvalue weighted by molar-refractivity contribution is 6.88. The Hall–Kier alpha value is -1.45. The highest BCUT2D eigenvalue weighted by atomic mass is 28.3. The lowest BCUT2D eigenvalue weighted by molar-refractivity contribution is 0.220. The maximum absolute atomic E-state index is 10.4. The van der Waals surface area contributed by atoms with Crippen LogP contribution in [0.2, 0.25) is 19.6 Å². The summed E-state index contributed by atoms with van der Waals surface area (Å²) < 4.78 is 0. The molecule has 0 fully saturated rings. The fourth-order valence-corrected chi connectivity index (χ4v) is 2.91. The quantitative estimate of drug-likeness (QED) is 0.858. The highest BCUT2D eigenvalue weighted by Gasteiger charge is 2.19. The summed E-state index contributed by atoms with van der Waals surface area (Å²) in [5.74, 6) is 0. The Morgan fingerprint density at radius 2 is 1.67 bits per heavy atom. The molecule has 2 nitrogen and oxygen atoms in total. The molecule has 0 radical (unpaired) electrons. The van der Waals surface area contributed by atoms with Gasteiger partial charge in [-0.2, -0.15) is 0 Å². The van der Waals surface area contributed by atoms with Crippen LogP contribution in [-0.4, -0.2) is 18.2 Å². The molecular weight excluding hydrogens is 238 g/mol. The van der Waals surface area contributed by atoms with Gasteiger partial charge in [-0.05, 0) is 10.8 Å². The molecule has 0 spiro atoms. The third-order valence-corrected chi connectivity index (χ3v) is 5.06. The summed E-state index contributed by atoms with van der Waals surface area (Å²) in [6.45, 7) is 6.84. The SMILES string of the molecule is C[Si](C)(C)c1cncc(C(O)c2ccccc2)c1. The summed E-state index contributed by atoms with van der Waals surface area (Å²) in [4.78, 5) is 4.27. The predicted octanol–water partition coefficient (Wildman–Crippen LogP) is 2.71. The molecule has 94 valence electrons. The molecule has 0 saturated carbocycles. The van der Waals surface area contributed by atoms with E-state index in [1.807, 2.05) is 36.5 Å². The van der Waals surface area contributed by atoms with Gasteiger partial charge in [-0.3, -0.25) is 4.98 Å². The summed E-state index contributed by atoms with van der Waals surface area (Å²) in [5.41, 5.74) is 1.79. The zero-order valence-electron chi connectivity index (χ0n) is 11.1. The van der Waals surface area contributed by atoms with Crippen molar-refractivity contribution in [2.75, 3.05) is 0 Å². The van der Waals surface area contributed by atoms with Gasteiger partial charge in [-0.1, -0.05) is 56.0 Å². The van der Waals surface area contributed by atoms with Gasteiger partial charge in [-0.25, -0.2) is 0 Å². The van der Waals surface area contributed by atoms with Crippen molar-refractivity contribution in [2.24, 2.45) is 0 Å². The number of rotatable bonds is 3. The first-order valence-electron chi connectivity index (χ1n) is 6.17. The molecule has 2 rings (SSSR count). The van der Waals surface area contributed by atoms with Crippen LogP contribution < -0.4 is 5.19 Å². The molecule has 0 amide bonds. The number of pyridine rings is 1. The van der Waals surface area contributed by atoms with E-state index in [1.165, 1.54) is 5.19 Å². The van der Waals surface area contributed by atoms with E-state index < -0.39 is 14.2 Å². The van der Waals surface area contributed by atoms with Crippen molar-refractivity contribution in [1.29, 1.82) is 0 Å². The van der Waals surface area contributed by atoms with Gasteiger partial charge in [0.15, 0.2) is 0 Å². The summed E-state index contributed by atoms with van der Waals surface area (Å²) in [5, 5.41) is 11.6. The standard InChI is InChI=1S/C15H19NOSi/c1-18(2,3)14-9-13(10-16-11-14)15(17)12-7-5-4-6-8-12/h4-11,15,17H,1-3H3. The Labute approximate surface area is 109 Å². The van der Waals surface area contributed by atoms with Crippen LogP contribution in [0.1, 0.15) is 17.2 Å². The number of nitrogens with zero attached hydrogens (tertiary/aromatic N) is 1. The Morgan fingerprint density at radius 1 is 1.00 bits per heavy atom. The fraction of sp³-hybridized carbons (Fsp3) is 0.267. The average Bonchev–Trinajstić information content (AvgIpc) is 2.38. The van der Waals surface area contributed by atoms with E-state index in [9.17, 15) is 5.11 Å². The number of aliphatic hydroxyl groups is 1. The second-order valence-electron chi connectivity index (χ2n) is 5.57. The Morgan fingerprint density at radius 3 is 2.28 bits per heavy atom. The van der Waals surface area contributed by atoms with Crippen LogP contribution in [0.15, 0.2) is 48.8 Å². The van der Waals surface area contributed by atoms with Crippen molar-refractivity contribution in [2.45, 2.75) is 25.7 Å². The molecule has 1 heterocycles. The largest absolute Gasteiger partial charge is 0.384 e. The highest BCUT2D eigenvalue weighted by Crippen LogP contribution is 2.20. The minimum Gasteiger partial charge on any atom is -0.384 e. The molecule has 2 aromatic rings. The number of aliphatic hydroxyl groups excluding tert-OH is 1. The van der Waals surface area contributed by atoms with Crippen LogP contribution in [-0.2, 0) is 0 Å². The first-order valence-corrected chi connectivity index (χ1v) is 9.67. The van der Waals surface area contributed by atoms with Crippen LogP contribution >= 0.6 is 0 Å². The molecule has 0 bridgehead atoms. The van der Waals surface area contributed by atoms with E-state index in [0.29, 0.717) is 0 Å². The van der Waals surface area contributed by atoms with Crippen molar-refractivity contribution in [3.05, 3.63) is 59.9 Å². The van der Waals surface area contributed by atoms with Gasteiger partial charge in [-0.15, -0.1) is 0 Å². The molecule has 1 aromatic carbocycles. The van der Waals surface area contributed by atoms with E-state index in [0.717, 1.165) is 11.1 Å². The first kappa shape index (κ1) is 13.0. The Bertz CT molecular complexity index is 520. The van der Waals surface area contributed by atoms with E-state index in [2.05, 4.69) is 30.7 Å². The zero-order chi connectivity index (χ0) is 13.2. The summed E-state index contributed by atoms with van der Waals surface area (Å²) in [6.07, 6.45) is 3.09. The van der Waals surface area contributed by atoms with Crippen LogP contribution in [0, 0.1) is 0 Å². The topological polar surface area (TPSA) is 33.1 Å². The second kappa shape index (κ2) is 5.04. The third-order valence-electron chi connectivity index (χ3n) is 3.06. The van der Waals surface area contributed by atoms with E-state index >= 15 is 0 Å². The Kier molecular flexibility index (Phi) is 3.64. The molecule has 3 heteroatoms. The lowest BCUT2D eigenvalue weighted by Crippen LogP contribution is -2.38. The van der Waals surface area contributed by atoms with Crippen molar-refractivity contribution < 1.29 is 5.11 Å². The van der Waals surface area contributed by atoms with Crippen LogP contribution in [0.25, 0.3) is 0 Å². The minimum absolute atomic E-state index is 0.588. The maximum atomic E-state index is 10.4. The summed E-state index contributed by atoms with van der Waals surface area (Å²) in [7, 11) is -1.39. The fourth-order valence-electron chi connectivity index (χ4n) is 1.85. The first-order chi connectivity index (χ1) is 8.48. The average molecular weight is 257 g/mol. The lowest BCUT2D eigenvalue weighted by atomic mass is 10.0. The molecule has 0 saturated heterocycles. The normalized spacial score (nSPS) is 13.3. The third kappa shape index (κ3) is 2.86. The van der Waals surface area contributed by atoms with Gasteiger partial charge in [0.2, 0.25) is 0 Å². The van der Waals surface area contributed by atoms with Gasteiger partial charge in [0.25, 0.3) is 0 Å². The number of aromatic nitrogens is 1. The molecule has 1 unspecified atom stereocenters. The van der Waals surface area contributed by atoms with Gasteiger partial charge < -0.3 is 5.11 Å². The Balaban J connectivity index is 2.35. The van der Waals surface area contributed by atoms with Gasteiger partial charge >= 0.3 is 0 Å². The predicted molar refractivity (Wildman–Crippen MR) is 77.7 cm³/mol. The van der Waals surface area contributed by atoms with E-state index in [-0.39, 0.29) is 0 Å². The van der Waals surface area contributed by atoms with Gasteiger partial charge in [0.05, 0.1) is 8.07 Å². The van der Waals surface area contributed by atoms with Crippen molar-refractivity contribution >= 4 is 13.3 Å². The van der Waals surface area contributed by atoms with Crippen molar-refractivity contribution in [1.82, 2.24) is 4.98 Å². The molecular formula is C15H19NOSi. The van der Waals surface area contributed by atoms with Gasteiger partial charge in [0.1, 0.15) is 6.10 Å². The molecule has 0 aliphatic rings. The molecule has 0 aliphatic carbocycles. The molecule has 18 heavy (non-hydrogen) atoms. The lowest BCUT2D eigenvalue weighted by Gasteiger charge is -2.18. The van der Waals surface area contributed by atoms with Crippen LogP contribution in [0.4, 0.5) is 0 Å². The number of hydrogen-bond donors (Lipinski definition) is 1. The summed E-state index contributed by atoms with van der Waals surface area (Å²) >= 11 is 0. The van der Waals surface area contributed by atoms with Crippen LogP contribution in [0.3, 0.4) is 0 Å². The van der Waals surface area contributed by atoms with Crippen molar-refractivity contribution in [3.8, 4) is 0 Å². The molecule has 1 atom stereocenters. The summed E-state index contributed by atoms with van der Waals surface area (Å²) in [6, 6.07) is 11.8. The van der Waals surface area contributed by atoms with Crippen molar-refractivity contribution in [3.63, 3.8) is 0 Å². The maximum Gasteiger partial charge on any atom is 0.106 e. The number of benzene rings is 1. The van der Waals surface area contributed by atoms with E-state index in [1.54, 1.807) is 6.20 Å². The second-order valence-corrected chi connectivity index (χ2v) is 10.6. The molecule has 1 N–H and O–H groups in total. The smallest absolute Gasteiger partial charge is 0.106 e. The molecule has 1 aromatic heterocycles. The molecule has 0 aliphatic heterocycles. The van der Waals surface area contributed by atoms with Crippen LogP contribution in [0.5, 0.6) is 0 Å². The monoisotopic (exact) mass is 257 g/mol. The number of hydrogen-bond acceptors (Lipinski definition) is 2. The van der Waals surface area contributed by atoms with E-state index in [4.69, 9.17) is 0 Å². The zero-order valence-corrected chi connectivity index (χ0v) is 12.1. The van der Waals surface area contributed by atoms with Gasteiger partial charge in [0, 0.05) is 18.0 Å². The minimum atomic E-state index is -1.39.